The van der Waals surface area contributed by atoms with Crippen molar-refractivity contribution in [1.29, 1.82) is 0 Å². The van der Waals surface area contributed by atoms with E-state index in [-0.39, 0.29) is 11.8 Å². The van der Waals surface area contributed by atoms with Crippen molar-refractivity contribution in [3.05, 3.63) is 77.8 Å². The van der Waals surface area contributed by atoms with Gasteiger partial charge in [0.05, 0.1) is 19.5 Å². The monoisotopic (exact) mass is 582 g/mol. The number of nitrogens with zero attached hydrogens (tertiary/aromatic N) is 4. The number of carboxylic acids is 2. The number of hydrogen-bond acceptors (Lipinski definition) is 9. The molecule has 2 aromatic carbocycles. The van der Waals surface area contributed by atoms with Crippen molar-refractivity contribution in [2.75, 3.05) is 6.61 Å². The Morgan fingerprint density at radius 1 is 1.07 bits per heavy atom. The van der Waals surface area contributed by atoms with E-state index in [4.69, 9.17) is 21.1 Å². The van der Waals surface area contributed by atoms with E-state index in [1.54, 1.807) is 34.9 Å². The number of aliphatic hydroxyl groups excluding tert-OH is 1. The molecule has 0 saturated carbocycles. The molecule has 0 radical (unpaired) electrons. The van der Waals surface area contributed by atoms with Gasteiger partial charge in [0, 0.05) is 12.0 Å². The molecule has 0 spiro atoms. The zero-order valence-corrected chi connectivity index (χ0v) is 22.5. The molecule has 1 aliphatic rings. The van der Waals surface area contributed by atoms with Crippen LogP contribution < -0.4 is 0 Å². The number of fused-ring (bicyclic) bond motifs is 1. The van der Waals surface area contributed by atoms with Gasteiger partial charge >= 0.3 is 11.9 Å². The Labute approximate surface area is 238 Å². The standard InChI is InChI=1S/C28H27ClN4O8/c1-27(39)19(14-40-28(24(35)36,25(37)38)12-16-8-4-2-5-9-16)41-18(22(27)34)13-33-15-30-21-20(17-10-6-3-7-11-17)31-26(29)32-23(21)33/h2-11,15,18-19,22,34,39H,12-14H2,1H3,(H,35,36)(H,37,38)/t18-,19+,22-,27+/m0/s1. The second kappa shape index (κ2) is 11.1. The van der Waals surface area contributed by atoms with Gasteiger partial charge in [0.25, 0.3) is 5.60 Å². The third kappa shape index (κ3) is 5.39. The van der Waals surface area contributed by atoms with Crippen LogP contribution in [0.3, 0.4) is 0 Å². The SMILES string of the molecule is C[C@@]1(O)[C@@H](COC(Cc2ccccc2)(C(=O)O)C(=O)O)O[C@@H](Cn2cnc3c(-c4ccccc4)nc(Cl)nc32)[C@@H]1O. The summed E-state index contributed by atoms with van der Waals surface area (Å²) in [6.07, 6.45) is -2.70. The summed E-state index contributed by atoms with van der Waals surface area (Å²) < 4.78 is 13.0. The Kier molecular flexibility index (Phi) is 7.77. The van der Waals surface area contributed by atoms with Crippen LogP contribution in [0.15, 0.2) is 67.0 Å². The number of rotatable bonds is 10. The number of aromatic nitrogens is 4. The average molecular weight is 583 g/mol. The summed E-state index contributed by atoms with van der Waals surface area (Å²) in [5.74, 6) is -3.42. The predicted octanol–water partition coefficient (Wildman–Crippen LogP) is 2.19. The van der Waals surface area contributed by atoms with Gasteiger partial charge in [0.1, 0.15) is 35.1 Å². The predicted molar refractivity (Wildman–Crippen MR) is 145 cm³/mol. The van der Waals surface area contributed by atoms with Crippen LogP contribution in [0, 0.1) is 0 Å². The summed E-state index contributed by atoms with van der Waals surface area (Å²) in [4.78, 5) is 37.4. The number of aliphatic carboxylic acids is 2. The van der Waals surface area contributed by atoms with Crippen molar-refractivity contribution in [3.8, 4) is 11.3 Å². The number of ether oxygens (including phenoxy) is 2. The van der Waals surface area contributed by atoms with E-state index in [1.165, 1.54) is 13.3 Å². The molecule has 0 unspecified atom stereocenters. The fraction of sp³-hybridized carbons (Fsp3) is 0.321. The van der Waals surface area contributed by atoms with Gasteiger partial charge in [-0.05, 0) is 24.1 Å². The summed E-state index contributed by atoms with van der Waals surface area (Å²) in [5.41, 5.74) is -1.99. The molecule has 5 rings (SSSR count). The lowest BCUT2D eigenvalue weighted by molar-refractivity contribution is -0.192. The van der Waals surface area contributed by atoms with E-state index in [0.29, 0.717) is 22.4 Å². The highest BCUT2D eigenvalue weighted by Crippen LogP contribution is 2.34. The maximum atomic E-state index is 12.2. The Morgan fingerprint density at radius 2 is 1.71 bits per heavy atom. The van der Waals surface area contributed by atoms with Crippen LogP contribution in [0.5, 0.6) is 0 Å². The maximum absolute atomic E-state index is 12.2. The highest BCUT2D eigenvalue weighted by molar-refractivity contribution is 6.28. The first-order valence-corrected chi connectivity index (χ1v) is 13.0. The Bertz CT molecular complexity index is 1550. The van der Waals surface area contributed by atoms with E-state index < -0.39 is 54.5 Å². The summed E-state index contributed by atoms with van der Waals surface area (Å²) in [6, 6.07) is 17.5. The largest absolute Gasteiger partial charge is 0.479 e. The molecule has 12 nitrogen and oxygen atoms in total. The average Bonchev–Trinajstić information content (AvgIpc) is 3.44. The second-order valence-electron chi connectivity index (χ2n) is 10.0. The Balaban J connectivity index is 1.38. The maximum Gasteiger partial charge on any atom is 0.348 e. The van der Waals surface area contributed by atoms with E-state index >= 15 is 0 Å². The molecule has 1 saturated heterocycles. The molecule has 0 aliphatic carbocycles. The van der Waals surface area contributed by atoms with Crippen LogP contribution in [-0.2, 0) is 32.0 Å². The van der Waals surface area contributed by atoms with Crippen molar-refractivity contribution in [3.63, 3.8) is 0 Å². The summed E-state index contributed by atoms with van der Waals surface area (Å²) in [5, 5.41) is 41.8. The Hall–Kier alpha value is -3.94. The molecule has 41 heavy (non-hydrogen) atoms. The van der Waals surface area contributed by atoms with Crippen LogP contribution >= 0.6 is 11.6 Å². The van der Waals surface area contributed by atoms with E-state index in [9.17, 15) is 30.0 Å². The van der Waals surface area contributed by atoms with Crippen molar-refractivity contribution < 1.29 is 39.5 Å². The molecule has 13 heteroatoms. The molecular formula is C28H27ClN4O8. The minimum atomic E-state index is -2.65. The number of hydrogen-bond donors (Lipinski definition) is 4. The van der Waals surface area contributed by atoms with Gasteiger partial charge in [0.2, 0.25) is 5.28 Å². The lowest BCUT2D eigenvalue weighted by atomic mass is 9.92. The number of benzene rings is 2. The highest BCUT2D eigenvalue weighted by atomic mass is 35.5. The lowest BCUT2D eigenvalue weighted by Gasteiger charge is -2.30. The molecule has 1 fully saturated rings. The van der Waals surface area contributed by atoms with Gasteiger partial charge in [0.15, 0.2) is 5.65 Å². The molecule has 4 atom stereocenters. The van der Waals surface area contributed by atoms with Gasteiger partial charge in [-0.15, -0.1) is 0 Å². The van der Waals surface area contributed by atoms with Gasteiger partial charge in [-0.3, -0.25) is 0 Å². The minimum Gasteiger partial charge on any atom is -0.479 e. The zero-order valence-electron chi connectivity index (χ0n) is 21.8. The van der Waals surface area contributed by atoms with Gasteiger partial charge < -0.3 is 34.5 Å². The van der Waals surface area contributed by atoms with Gasteiger partial charge in [-0.2, -0.15) is 4.98 Å². The van der Waals surface area contributed by atoms with Crippen LogP contribution in [0.4, 0.5) is 0 Å². The highest BCUT2D eigenvalue weighted by Gasteiger charge is 2.55. The lowest BCUT2D eigenvalue weighted by Crippen LogP contribution is -2.54. The molecule has 214 valence electrons. The third-order valence-electron chi connectivity index (χ3n) is 7.27. The fourth-order valence-corrected chi connectivity index (χ4v) is 5.07. The molecule has 4 aromatic rings. The summed E-state index contributed by atoms with van der Waals surface area (Å²) in [6.45, 7) is 0.673. The van der Waals surface area contributed by atoms with E-state index in [1.807, 2.05) is 30.3 Å². The van der Waals surface area contributed by atoms with Crippen LogP contribution in [-0.4, -0.2) is 88.0 Å². The molecule has 0 bridgehead atoms. The van der Waals surface area contributed by atoms with Crippen molar-refractivity contribution >= 4 is 34.7 Å². The molecule has 0 amide bonds. The molecule has 3 heterocycles. The number of carboxylic acid groups (broad SMARTS) is 2. The van der Waals surface area contributed by atoms with Crippen LogP contribution in [0.25, 0.3) is 22.4 Å². The first-order chi connectivity index (χ1) is 19.5. The van der Waals surface area contributed by atoms with Crippen LogP contribution in [0.1, 0.15) is 12.5 Å². The normalized spacial score (nSPS) is 22.7. The quantitative estimate of drug-likeness (QED) is 0.159. The smallest absolute Gasteiger partial charge is 0.348 e. The van der Waals surface area contributed by atoms with Gasteiger partial charge in [-0.25, -0.2) is 19.6 Å². The van der Waals surface area contributed by atoms with Crippen molar-refractivity contribution in [2.24, 2.45) is 0 Å². The molecular weight excluding hydrogens is 556 g/mol. The number of halogens is 1. The van der Waals surface area contributed by atoms with Crippen LogP contribution in [0.2, 0.25) is 5.28 Å². The number of imidazole rings is 1. The molecule has 2 aromatic heterocycles. The first-order valence-electron chi connectivity index (χ1n) is 12.7. The Morgan fingerprint density at radius 3 is 2.34 bits per heavy atom. The van der Waals surface area contributed by atoms with Crippen molar-refractivity contribution in [2.45, 2.75) is 49.4 Å². The van der Waals surface area contributed by atoms with Gasteiger partial charge in [-0.1, -0.05) is 60.7 Å². The minimum absolute atomic E-state index is 0.0126. The molecule has 1 aliphatic heterocycles. The van der Waals surface area contributed by atoms with E-state index in [2.05, 4.69) is 15.0 Å². The topological polar surface area (TPSA) is 177 Å². The zero-order chi connectivity index (χ0) is 29.4. The van der Waals surface area contributed by atoms with Crippen molar-refractivity contribution in [1.82, 2.24) is 19.5 Å². The van der Waals surface area contributed by atoms with E-state index in [0.717, 1.165) is 5.56 Å². The number of carbonyl (C=O) groups is 2. The summed E-state index contributed by atoms with van der Waals surface area (Å²) >= 11 is 6.21. The second-order valence-corrected chi connectivity index (χ2v) is 10.4. The summed E-state index contributed by atoms with van der Waals surface area (Å²) in [7, 11) is 0. The number of aliphatic hydroxyl groups is 2. The fourth-order valence-electron chi connectivity index (χ4n) is 4.90. The molecule has 4 N–H and O–H groups in total. The first kappa shape index (κ1) is 28.6. The third-order valence-corrected chi connectivity index (χ3v) is 7.44.